The van der Waals surface area contributed by atoms with Crippen molar-refractivity contribution in [2.24, 2.45) is 0 Å². The van der Waals surface area contributed by atoms with Crippen LogP contribution in [0.3, 0.4) is 0 Å². The fraction of sp³-hybridized carbons (Fsp3) is 0.391. The lowest BCUT2D eigenvalue weighted by Gasteiger charge is -2.33. The average Bonchev–Trinajstić information content (AvgIpc) is 3.11. The maximum atomic E-state index is 14.6. The molecule has 0 saturated carbocycles. The molecule has 2 aromatic heterocycles. The Morgan fingerprint density at radius 2 is 1.97 bits per heavy atom. The second kappa shape index (κ2) is 8.70. The summed E-state index contributed by atoms with van der Waals surface area (Å²) in [6, 6.07) is 6.69. The molecule has 1 amide bonds. The van der Waals surface area contributed by atoms with E-state index in [1.807, 2.05) is 43.8 Å². The predicted octanol–water partition coefficient (Wildman–Crippen LogP) is 4.44. The molecule has 0 N–H and O–H groups in total. The van der Waals surface area contributed by atoms with Gasteiger partial charge in [-0.2, -0.15) is 0 Å². The zero-order valence-corrected chi connectivity index (χ0v) is 19.0. The van der Waals surface area contributed by atoms with E-state index < -0.39 is 0 Å². The molecule has 31 heavy (non-hydrogen) atoms. The van der Waals surface area contributed by atoms with Crippen LogP contribution in [0.1, 0.15) is 44.8 Å². The molecule has 1 fully saturated rings. The van der Waals surface area contributed by atoms with Gasteiger partial charge >= 0.3 is 0 Å². The summed E-state index contributed by atoms with van der Waals surface area (Å²) in [5.41, 5.74) is 2.74. The van der Waals surface area contributed by atoms with E-state index in [2.05, 4.69) is 9.97 Å². The third kappa shape index (κ3) is 4.30. The average molecular weight is 440 g/mol. The minimum atomic E-state index is -0.301. The quantitative estimate of drug-likeness (QED) is 0.601. The second-order valence-corrected chi connectivity index (χ2v) is 9.28. The molecule has 3 heterocycles. The van der Waals surface area contributed by atoms with E-state index >= 15 is 0 Å². The monoisotopic (exact) mass is 439 g/mol. The van der Waals surface area contributed by atoms with Crippen LogP contribution in [-0.4, -0.2) is 52.9 Å². The molecule has 1 aliphatic rings. The van der Waals surface area contributed by atoms with Gasteiger partial charge in [0.05, 0.1) is 16.4 Å². The predicted molar refractivity (Wildman–Crippen MR) is 121 cm³/mol. The van der Waals surface area contributed by atoms with Gasteiger partial charge in [-0.1, -0.05) is 18.2 Å². The number of halogens is 1. The highest BCUT2D eigenvalue weighted by atomic mass is 32.1. The van der Waals surface area contributed by atoms with Crippen molar-refractivity contribution in [1.29, 1.82) is 0 Å². The van der Waals surface area contributed by atoms with Crippen LogP contribution >= 0.6 is 11.3 Å². The van der Waals surface area contributed by atoms with Crippen LogP contribution in [0, 0.1) is 19.7 Å². The second-order valence-electron chi connectivity index (χ2n) is 8.08. The Balaban J connectivity index is 1.70. The fourth-order valence-corrected chi connectivity index (χ4v) is 4.94. The van der Waals surface area contributed by atoms with Gasteiger partial charge in [-0.25, -0.2) is 19.3 Å². The van der Waals surface area contributed by atoms with Gasteiger partial charge in [-0.05, 0) is 32.8 Å². The van der Waals surface area contributed by atoms with Gasteiger partial charge < -0.3 is 9.80 Å². The number of carbonyl (C=O) groups excluding carboxylic acids is 1. The number of carbonyl (C=O) groups is 1. The highest BCUT2D eigenvalue weighted by molar-refractivity contribution is 7.13. The van der Waals surface area contributed by atoms with E-state index in [9.17, 15) is 9.18 Å². The molecule has 0 bridgehead atoms. The highest BCUT2D eigenvalue weighted by Crippen LogP contribution is 2.35. The molecule has 6 nitrogen and oxygen atoms in total. The van der Waals surface area contributed by atoms with Crippen molar-refractivity contribution in [3.8, 4) is 11.1 Å². The first-order chi connectivity index (χ1) is 14.8. The summed E-state index contributed by atoms with van der Waals surface area (Å²) in [4.78, 5) is 31.2. The minimum absolute atomic E-state index is 0.00308. The van der Waals surface area contributed by atoms with Gasteiger partial charge in [-0.15, -0.1) is 11.3 Å². The van der Waals surface area contributed by atoms with Crippen molar-refractivity contribution in [2.45, 2.75) is 32.6 Å². The number of hydrogen-bond donors (Lipinski definition) is 0. The standard InChI is InChI=1S/C23H26FN5OS/c1-14-21(31-15(2)26-14)22(30)29-11-7-8-16(13-29)20-18(12-25-23(27-20)28(3)4)17-9-5-6-10-19(17)24/h5-6,9-10,12,16H,7-8,11,13H2,1-4H3/t16-/m1/s1. The number of rotatable bonds is 4. The zero-order chi connectivity index (χ0) is 22.1. The normalized spacial score (nSPS) is 16.4. The van der Waals surface area contributed by atoms with Crippen LogP contribution in [-0.2, 0) is 0 Å². The fourth-order valence-electron chi connectivity index (χ4n) is 4.06. The van der Waals surface area contributed by atoms with E-state index in [0.29, 0.717) is 35.0 Å². The Labute approximate surface area is 185 Å². The lowest BCUT2D eigenvalue weighted by molar-refractivity contribution is 0.0710. The van der Waals surface area contributed by atoms with Crippen molar-refractivity contribution in [1.82, 2.24) is 19.9 Å². The van der Waals surface area contributed by atoms with Gasteiger partial charge in [0.15, 0.2) is 0 Å². The largest absolute Gasteiger partial charge is 0.347 e. The van der Waals surface area contributed by atoms with Crippen LogP contribution in [0.5, 0.6) is 0 Å². The molecule has 0 aliphatic carbocycles. The summed E-state index contributed by atoms with van der Waals surface area (Å²) >= 11 is 1.44. The maximum absolute atomic E-state index is 14.6. The highest BCUT2D eigenvalue weighted by Gasteiger charge is 2.30. The van der Waals surface area contributed by atoms with Crippen LogP contribution in [0.15, 0.2) is 30.5 Å². The van der Waals surface area contributed by atoms with Crippen molar-refractivity contribution < 1.29 is 9.18 Å². The number of hydrogen-bond acceptors (Lipinski definition) is 6. The Bertz CT molecular complexity index is 1110. The van der Waals surface area contributed by atoms with E-state index in [-0.39, 0.29) is 17.6 Å². The number of anilines is 1. The lowest BCUT2D eigenvalue weighted by atomic mass is 9.89. The number of amides is 1. The van der Waals surface area contributed by atoms with E-state index in [4.69, 9.17) is 4.98 Å². The van der Waals surface area contributed by atoms with Crippen LogP contribution < -0.4 is 4.90 Å². The van der Waals surface area contributed by atoms with Crippen molar-refractivity contribution in [3.05, 3.63) is 57.6 Å². The van der Waals surface area contributed by atoms with Crippen molar-refractivity contribution >= 4 is 23.2 Å². The maximum Gasteiger partial charge on any atom is 0.265 e. The van der Waals surface area contributed by atoms with Gasteiger partial charge in [0.1, 0.15) is 10.7 Å². The number of benzene rings is 1. The number of aromatic nitrogens is 3. The summed E-state index contributed by atoms with van der Waals surface area (Å²) in [6.07, 6.45) is 3.45. The smallest absolute Gasteiger partial charge is 0.265 e. The van der Waals surface area contributed by atoms with Gasteiger partial charge in [0.25, 0.3) is 5.91 Å². The van der Waals surface area contributed by atoms with E-state index in [1.165, 1.54) is 17.4 Å². The van der Waals surface area contributed by atoms with E-state index in [0.717, 1.165) is 29.2 Å². The third-order valence-electron chi connectivity index (χ3n) is 5.56. The number of thiazole rings is 1. The first kappa shape index (κ1) is 21.4. The van der Waals surface area contributed by atoms with Gasteiger partial charge in [-0.3, -0.25) is 4.79 Å². The SMILES string of the molecule is Cc1nc(C)c(C(=O)N2CCC[C@@H](c3nc(N(C)C)ncc3-c3ccccc3F)C2)s1. The molecule has 1 aromatic carbocycles. The number of piperidine rings is 1. The molecule has 162 valence electrons. The molecule has 1 atom stereocenters. The van der Waals surface area contributed by atoms with Crippen molar-refractivity contribution in [2.75, 3.05) is 32.1 Å². The van der Waals surface area contributed by atoms with Crippen LogP contribution in [0.2, 0.25) is 0 Å². The van der Waals surface area contributed by atoms with Crippen LogP contribution in [0.25, 0.3) is 11.1 Å². The molecular weight excluding hydrogens is 413 g/mol. The Morgan fingerprint density at radius 1 is 1.19 bits per heavy atom. The number of aryl methyl sites for hydroxylation is 2. The van der Waals surface area contributed by atoms with Gasteiger partial charge in [0.2, 0.25) is 5.95 Å². The summed E-state index contributed by atoms with van der Waals surface area (Å²) in [5.74, 6) is 0.294. The first-order valence-electron chi connectivity index (χ1n) is 10.4. The molecule has 0 spiro atoms. The van der Waals surface area contributed by atoms with Crippen molar-refractivity contribution in [3.63, 3.8) is 0 Å². The molecule has 0 unspecified atom stereocenters. The summed E-state index contributed by atoms with van der Waals surface area (Å²) in [7, 11) is 3.76. The summed E-state index contributed by atoms with van der Waals surface area (Å²) < 4.78 is 14.6. The summed E-state index contributed by atoms with van der Waals surface area (Å²) in [5, 5.41) is 0.891. The molecule has 4 rings (SSSR count). The number of likely N-dealkylation sites (tertiary alicyclic amines) is 1. The Kier molecular flexibility index (Phi) is 6.00. The molecular formula is C23H26FN5OS. The first-order valence-corrected chi connectivity index (χ1v) is 11.2. The Morgan fingerprint density at radius 3 is 2.65 bits per heavy atom. The third-order valence-corrected chi connectivity index (χ3v) is 6.62. The topological polar surface area (TPSA) is 62.2 Å². The van der Waals surface area contributed by atoms with E-state index in [1.54, 1.807) is 18.3 Å². The zero-order valence-electron chi connectivity index (χ0n) is 18.2. The molecule has 1 aliphatic heterocycles. The molecule has 1 saturated heterocycles. The lowest BCUT2D eigenvalue weighted by Crippen LogP contribution is -2.39. The van der Waals surface area contributed by atoms with Crippen LogP contribution in [0.4, 0.5) is 10.3 Å². The minimum Gasteiger partial charge on any atom is -0.347 e. The molecule has 3 aromatic rings. The molecule has 0 radical (unpaired) electrons. The number of nitrogens with zero attached hydrogens (tertiary/aromatic N) is 5. The molecule has 8 heteroatoms. The Hall–Kier alpha value is -2.87. The van der Waals surface area contributed by atoms with Gasteiger partial charge in [0, 0.05) is 50.4 Å². The summed E-state index contributed by atoms with van der Waals surface area (Å²) in [6.45, 7) is 5.03.